The first-order valence-electron chi connectivity index (χ1n) is 14.5. The highest BCUT2D eigenvalue weighted by molar-refractivity contribution is 5.50. The number of alkyl halides is 5. The minimum absolute atomic E-state index is 0.00304. The van der Waals surface area contributed by atoms with Gasteiger partial charge in [0, 0.05) is 0 Å². The molecule has 1 nitrogen and oxygen atoms in total. The van der Waals surface area contributed by atoms with Gasteiger partial charge in [0.25, 0.3) is 0 Å². The molecule has 1 aromatic rings. The maximum Gasteiger partial charge on any atom is 0.456 e. The molecule has 2 aliphatic carbocycles. The van der Waals surface area contributed by atoms with Crippen molar-refractivity contribution >= 4 is 6.08 Å². The number of rotatable bonds is 13. The average Bonchev–Trinajstić information content (AvgIpc) is 2.89. The molecule has 0 atom stereocenters. The number of hydrogen-bond acceptors (Lipinski definition) is 1. The van der Waals surface area contributed by atoms with E-state index in [9.17, 15) is 22.0 Å². The van der Waals surface area contributed by atoms with Crippen LogP contribution in [0.25, 0.3) is 6.08 Å². The summed E-state index contributed by atoms with van der Waals surface area (Å²) in [6.45, 7) is 0.558. The van der Waals surface area contributed by atoms with Gasteiger partial charge >= 0.3 is 12.1 Å². The van der Waals surface area contributed by atoms with E-state index in [2.05, 4.69) is 17.7 Å². The Balaban J connectivity index is 1.32. The van der Waals surface area contributed by atoms with Crippen LogP contribution in [-0.4, -0.2) is 18.7 Å². The van der Waals surface area contributed by atoms with Crippen LogP contribution < -0.4 is 4.74 Å². The third-order valence-electron chi connectivity index (χ3n) is 8.62. The summed E-state index contributed by atoms with van der Waals surface area (Å²) in [5, 5.41) is 0. The van der Waals surface area contributed by atoms with Crippen LogP contribution in [0.1, 0.15) is 109 Å². The molecule has 0 amide bonds. The van der Waals surface area contributed by atoms with Gasteiger partial charge in [-0.3, -0.25) is 0 Å². The predicted molar refractivity (Wildman–Crippen MR) is 141 cm³/mol. The van der Waals surface area contributed by atoms with Gasteiger partial charge in [-0.05, 0) is 79.9 Å². The quantitative estimate of drug-likeness (QED) is 0.183. The summed E-state index contributed by atoms with van der Waals surface area (Å²) in [7, 11) is 0. The standard InChI is InChI=1S/C31H45F5O/c1-2-3-4-5-6-7-8-24-11-17-27(18-12-24)28-19-13-25(14-20-28)9-10-26-15-21-29(22-16-26)37-23-30(32,33)31(34,35)36/h9-10,15-16,21-22,24-25,27-28H,2-8,11-14,17-20,23H2,1H3/t24-,25-,27-,28-. The summed E-state index contributed by atoms with van der Waals surface area (Å²) >= 11 is 0. The number of allylic oxidation sites excluding steroid dienone is 1. The van der Waals surface area contributed by atoms with Crippen molar-refractivity contribution in [1.29, 1.82) is 0 Å². The van der Waals surface area contributed by atoms with E-state index in [1.54, 1.807) is 12.1 Å². The number of ether oxygens (including phenoxy) is 1. The van der Waals surface area contributed by atoms with Crippen LogP contribution in [0.2, 0.25) is 0 Å². The summed E-state index contributed by atoms with van der Waals surface area (Å²) in [5.41, 5.74) is 0.890. The fraction of sp³-hybridized carbons (Fsp3) is 0.742. The van der Waals surface area contributed by atoms with E-state index < -0.39 is 18.7 Å². The lowest BCUT2D eigenvalue weighted by molar-refractivity contribution is -0.290. The highest BCUT2D eigenvalue weighted by atomic mass is 19.4. The van der Waals surface area contributed by atoms with Crippen LogP contribution in [0.5, 0.6) is 5.75 Å². The molecule has 37 heavy (non-hydrogen) atoms. The summed E-state index contributed by atoms with van der Waals surface area (Å²) < 4.78 is 67.5. The first-order chi connectivity index (χ1) is 17.7. The van der Waals surface area contributed by atoms with E-state index in [-0.39, 0.29) is 5.75 Å². The first-order valence-corrected chi connectivity index (χ1v) is 14.5. The van der Waals surface area contributed by atoms with Gasteiger partial charge in [0.15, 0.2) is 6.61 Å². The molecule has 2 aliphatic rings. The molecule has 0 bridgehead atoms. The second-order valence-corrected chi connectivity index (χ2v) is 11.4. The maximum atomic E-state index is 13.0. The van der Waals surface area contributed by atoms with E-state index >= 15 is 0 Å². The summed E-state index contributed by atoms with van der Waals surface area (Å²) in [5.74, 6) is -1.59. The Labute approximate surface area is 220 Å². The fourth-order valence-electron chi connectivity index (χ4n) is 6.15. The van der Waals surface area contributed by atoms with Crippen molar-refractivity contribution in [2.45, 2.75) is 115 Å². The van der Waals surface area contributed by atoms with E-state index in [1.165, 1.54) is 108 Å². The predicted octanol–water partition coefficient (Wildman–Crippen LogP) is 10.6. The van der Waals surface area contributed by atoms with E-state index in [1.807, 2.05) is 6.08 Å². The third kappa shape index (κ3) is 9.90. The van der Waals surface area contributed by atoms with Crippen molar-refractivity contribution in [2.75, 3.05) is 6.61 Å². The van der Waals surface area contributed by atoms with Crippen LogP contribution in [0, 0.1) is 23.7 Å². The lowest BCUT2D eigenvalue weighted by Gasteiger charge is -2.37. The lowest BCUT2D eigenvalue weighted by atomic mass is 9.68. The molecule has 0 saturated heterocycles. The molecule has 3 rings (SSSR count). The largest absolute Gasteiger partial charge is 0.487 e. The monoisotopic (exact) mass is 528 g/mol. The molecular formula is C31H45F5O. The van der Waals surface area contributed by atoms with Crippen LogP contribution >= 0.6 is 0 Å². The van der Waals surface area contributed by atoms with Crippen LogP contribution in [0.15, 0.2) is 30.3 Å². The molecule has 0 aromatic heterocycles. The molecule has 210 valence electrons. The van der Waals surface area contributed by atoms with Gasteiger partial charge in [0.2, 0.25) is 0 Å². The molecule has 6 heteroatoms. The fourth-order valence-corrected chi connectivity index (χ4v) is 6.15. The molecule has 1 aromatic carbocycles. The van der Waals surface area contributed by atoms with Gasteiger partial charge in [-0.1, -0.05) is 89.0 Å². The Bertz CT molecular complexity index is 785. The Morgan fingerprint density at radius 2 is 1.32 bits per heavy atom. The van der Waals surface area contributed by atoms with Gasteiger partial charge < -0.3 is 4.74 Å². The van der Waals surface area contributed by atoms with E-state index in [0.29, 0.717) is 5.92 Å². The summed E-state index contributed by atoms with van der Waals surface area (Å²) in [6, 6.07) is 6.25. The normalized spacial score (nSPS) is 25.5. The Morgan fingerprint density at radius 1 is 0.757 bits per heavy atom. The van der Waals surface area contributed by atoms with Crippen LogP contribution in [0.4, 0.5) is 22.0 Å². The highest BCUT2D eigenvalue weighted by Crippen LogP contribution is 2.42. The molecule has 0 radical (unpaired) electrons. The second kappa shape index (κ2) is 14.5. The molecule has 2 fully saturated rings. The molecular weight excluding hydrogens is 483 g/mol. The van der Waals surface area contributed by atoms with Crippen molar-refractivity contribution in [3.05, 3.63) is 35.9 Å². The Hall–Kier alpha value is -1.59. The van der Waals surface area contributed by atoms with Gasteiger partial charge in [-0.25, -0.2) is 0 Å². The zero-order chi connectivity index (χ0) is 26.7. The zero-order valence-electron chi connectivity index (χ0n) is 22.4. The van der Waals surface area contributed by atoms with Crippen molar-refractivity contribution in [3.63, 3.8) is 0 Å². The zero-order valence-corrected chi connectivity index (χ0v) is 22.4. The van der Waals surface area contributed by atoms with Gasteiger partial charge in [0.05, 0.1) is 0 Å². The minimum atomic E-state index is -5.61. The minimum Gasteiger partial charge on any atom is -0.487 e. The second-order valence-electron chi connectivity index (χ2n) is 11.4. The molecule has 0 unspecified atom stereocenters. The summed E-state index contributed by atoms with van der Waals surface area (Å²) in [6.07, 6.45) is 19.1. The SMILES string of the molecule is CCCCCCCC[C@H]1CC[C@H]([C@H]2CC[C@H](C=Cc3ccc(OCC(F)(F)C(F)(F)F)cc3)CC2)CC1. The third-order valence-corrected chi connectivity index (χ3v) is 8.62. The smallest absolute Gasteiger partial charge is 0.456 e. The lowest BCUT2D eigenvalue weighted by Crippen LogP contribution is -2.41. The Kier molecular flexibility index (Phi) is 11.8. The topological polar surface area (TPSA) is 9.23 Å². The first kappa shape index (κ1) is 30.0. The van der Waals surface area contributed by atoms with Gasteiger partial charge in [-0.2, -0.15) is 22.0 Å². The van der Waals surface area contributed by atoms with Crippen molar-refractivity contribution < 1.29 is 26.7 Å². The molecule has 0 N–H and O–H groups in total. The number of unbranched alkanes of at least 4 members (excludes halogenated alkanes) is 5. The van der Waals surface area contributed by atoms with Crippen molar-refractivity contribution in [2.24, 2.45) is 23.7 Å². The maximum absolute atomic E-state index is 13.0. The number of halogens is 5. The average molecular weight is 529 g/mol. The van der Waals surface area contributed by atoms with Crippen LogP contribution in [-0.2, 0) is 0 Å². The van der Waals surface area contributed by atoms with Crippen molar-refractivity contribution in [3.8, 4) is 5.75 Å². The highest BCUT2D eigenvalue weighted by Gasteiger charge is 2.58. The molecule has 2 saturated carbocycles. The molecule has 0 spiro atoms. The number of benzene rings is 1. The van der Waals surface area contributed by atoms with Crippen molar-refractivity contribution in [1.82, 2.24) is 0 Å². The summed E-state index contributed by atoms with van der Waals surface area (Å²) in [4.78, 5) is 0. The van der Waals surface area contributed by atoms with E-state index in [0.717, 1.165) is 23.3 Å². The van der Waals surface area contributed by atoms with E-state index in [4.69, 9.17) is 0 Å². The van der Waals surface area contributed by atoms with Crippen LogP contribution in [0.3, 0.4) is 0 Å². The number of hydrogen-bond donors (Lipinski definition) is 0. The van der Waals surface area contributed by atoms with Gasteiger partial charge in [-0.15, -0.1) is 0 Å². The molecule has 0 heterocycles. The molecule has 0 aliphatic heterocycles. The Morgan fingerprint density at radius 3 is 1.92 bits per heavy atom. The van der Waals surface area contributed by atoms with Gasteiger partial charge in [0.1, 0.15) is 5.75 Å².